The van der Waals surface area contributed by atoms with E-state index in [1.807, 2.05) is 4.68 Å². The van der Waals surface area contributed by atoms with Gasteiger partial charge in [0.25, 0.3) is 0 Å². The number of hydrogen-bond acceptors (Lipinski definition) is 4. The van der Waals surface area contributed by atoms with Crippen LogP contribution in [0.15, 0.2) is 6.20 Å². The molecule has 1 heterocycles. The van der Waals surface area contributed by atoms with Crippen molar-refractivity contribution >= 4 is 11.5 Å². The van der Waals surface area contributed by atoms with E-state index in [2.05, 4.69) is 5.10 Å². The number of ketones is 1. The highest BCUT2D eigenvalue weighted by Gasteiger charge is 2.28. The fourth-order valence-corrected chi connectivity index (χ4v) is 2.82. The first-order chi connectivity index (χ1) is 8.79. The summed E-state index contributed by atoms with van der Waals surface area (Å²) >= 11 is 0. The Bertz CT molecular complexity index is 466. The molecule has 0 unspecified atom stereocenters. The second-order valence-corrected chi connectivity index (χ2v) is 6.09. The molecule has 2 rings (SSSR count). The molecule has 0 bridgehead atoms. The van der Waals surface area contributed by atoms with Crippen molar-refractivity contribution in [3.8, 4) is 0 Å². The van der Waals surface area contributed by atoms with Gasteiger partial charge < -0.3 is 10.8 Å². The van der Waals surface area contributed by atoms with E-state index in [0.717, 1.165) is 25.7 Å². The largest absolute Gasteiger partial charge is 0.396 e. The van der Waals surface area contributed by atoms with Gasteiger partial charge in [-0.05, 0) is 46.5 Å². The molecule has 1 aromatic heterocycles. The predicted octanol–water partition coefficient (Wildman–Crippen LogP) is 2.01. The van der Waals surface area contributed by atoms with E-state index < -0.39 is 5.60 Å². The highest BCUT2D eigenvalue weighted by molar-refractivity contribution is 5.78. The van der Waals surface area contributed by atoms with E-state index in [0.29, 0.717) is 11.4 Å². The zero-order chi connectivity index (χ0) is 14.2. The number of Topliss-reactive ketones (excluding diaryl/α,β-unsaturated/α-hetero) is 1. The van der Waals surface area contributed by atoms with Gasteiger partial charge in [-0.3, -0.25) is 9.48 Å². The number of rotatable bonds is 3. The molecule has 19 heavy (non-hydrogen) atoms. The number of anilines is 1. The third-order valence-electron chi connectivity index (χ3n) is 3.99. The summed E-state index contributed by atoms with van der Waals surface area (Å²) in [6.07, 6.45) is 5.51. The summed E-state index contributed by atoms with van der Waals surface area (Å²) in [4.78, 5) is 11.4. The monoisotopic (exact) mass is 265 g/mol. The molecule has 1 aliphatic rings. The summed E-state index contributed by atoms with van der Waals surface area (Å²) < 4.78 is 1.86. The van der Waals surface area contributed by atoms with Gasteiger partial charge in [-0.15, -0.1) is 0 Å². The first kappa shape index (κ1) is 14.1. The number of hydrogen-bond donors (Lipinski definition) is 2. The highest BCUT2D eigenvalue weighted by atomic mass is 16.3. The van der Waals surface area contributed by atoms with Crippen molar-refractivity contribution in [2.24, 2.45) is 5.92 Å². The molecule has 3 N–H and O–H groups in total. The molecule has 0 radical (unpaired) electrons. The Balaban J connectivity index is 2.10. The molecular formula is C14H23N3O2. The van der Waals surface area contributed by atoms with Crippen molar-refractivity contribution < 1.29 is 9.90 Å². The highest BCUT2D eigenvalue weighted by Crippen LogP contribution is 2.34. The number of aromatic nitrogens is 2. The van der Waals surface area contributed by atoms with E-state index in [-0.39, 0.29) is 17.7 Å². The topological polar surface area (TPSA) is 81.1 Å². The van der Waals surface area contributed by atoms with Gasteiger partial charge in [0, 0.05) is 12.1 Å². The normalized spacial score (nSPS) is 24.4. The standard InChI is InChI=1S/C14H23N3O2/c1-9(18)10-4-6-11(7-5-10)17-8-12(15)13(16-17)14(2,3)19/h8,10-11,19H,4-7,15H2,1-3H3. The molecule has 106 valence electrons. The number of nitrogens with zero attached hydrogens (tertiary/aromatic N) is 2. The SMILES string of the molecule is CC(=O)C1CCC(n2cc(N)c(C(C)(C)O)n2)CC1. The lowest BCUT2D eigenvalue weighted by Gasteiger charge is -2.27. The molecule has 1 aromatic rings. The van der Waals surface area contributed by atoms with E-state index in [9.17, 15) is 9.90 Å². The summed E-state index contributed by atoms with van der Waals surface area (Å²) in [6, 6.07) is 0.286. The van der Waals surface area contributed by atoms with Gasteiger partial charge in [0.05, 0.1) is 11.7 Å². The Morgan fingerprint density at radius 3 is 2.42 bits per heavy atom. The second kappa shape index (κ2) is 4.96. The van der Waals surface area contributed by atoms with Crippen LogP contribution in [0.4, 0.5) is 5.69 Å². The van der Waals surface area contributed by atoms with Crippen LogP contribution in [0.25, 0.3) is 0 Å². The molecule has 0 aliphatic heterocycles. The van der Waals surface area contributed by atoms with Gasteiger partial charge in [-0.25, -0.2) is 0 Å². The molecule has 1 fully saturated rings. The van der Waals surface area contributed by atoms with Gasteiger partial charge in [0.2, 0.25) is 0 Å². The van der Waals surface area contributed by atoms with Crippen LogP contribution < -0.4 is 5.73 Å². The number of aliphatic hydroxyl groups is 1. The van der Waals surface area contributed by atoms with Crippen LogP contribution in [0.3, 0.4) is 0 Å². The van der Waals surface area contributed by atoms with E-state index in [1.54, 1.807) is 27.0 Å². The molecule has 1 aliphatic carbocycles. The first-order valence-electron chi connectivity index (χ1n) is 6.87. The maximum absolute atomic E-state index is 11.4. The zero-order valence-corrected chi connectivity index (χ0v) is 11.9. The fraction of sp³-hybridized carbons (Fsp3) is 0.714. The molecule has 5 nitrogen and oxygen atoms in total. The van der Waals surface area contributed by atoms with Crippen LogP contribution in [0.5, 0.6) is 0 Å². The Labute approximate surface area is 113 Å². The van der Waals surface area contributed by atoms with Crippen molar-refractivity contribution in [3.05, 3.63) is 11.9 Å². The molecule has 5 heteroatoms. The number of nitrogen functional groups attached to an aromatic ring is 1. The van der Waals surface area contributed by atoms with Crippen LogP contribution in [-0.4, -0.2) is 20.7 Å². The lowest BCUT2D eigenvalue weighted by molar-refractivity contribution is -0.121. The van der Waals surface area contributed by atoms with Gasteiger partial charge in [-0.2, -0.15) is 5.10 Å². The molecule has 0 spiro atoms. The molecule has 0 aromatic carbocycles. The van der Waals surface area contributed by atoms with Crippen molar-refractivity contribution in [1.29, 1.82) is 0 Å². The lowest BCUT2D eigenvalue weighted by atomic mass is 9.84. The van der Waals surface area contributed by atoms with Crippen molar-refractivity contribution in [2.45, 2.75) is 58.1 Å². The molecular weight excluding hydrogens is 242 g/mol. The fourth-order valence-electron chi connectivity index (χ4n) is 2.82. The Hall–Kier alpha value is -1.36. The van der Waals surface area contributed by atoms with Crippen molar-refractivity contribution in [1.82, 2.24) is 9.78 Å². The summed E-state index contributed by atoms with van der Waals surface area (Å²) in [7, 11) is 0. The minimum absolute atomic E-state index is 0.206. The van der Waals surface area contributed by atoms with Gasteiger partial charge in [0.1, 0.15) is 17.1 Å². The quantitative estimate of drug-likeness (QED) is 0.876. The van der Waals surface area contributed by atoms with Gasteiger partial charge >= 0.3 is 0 Å². The predicted molar refractivity (Wildman–Crippen MR) is 73.6 cm³/mol. The molecule has 0 saturated heterocycles. The minimum atomic E-state index is -1.02. The minimum Gasteiger partial charge on any atom is -0.396 e. The third-order valence-corrected chi connectivity index (χ3v) is 3.99. The van der Waals surface area contributed by atoms with Crippen molar-refractivity contribution in [2.75, 3.05) is 5.73 Å². The number of nitrogens with two attached hydrogens (primary N) is 1. The van der Waals surface area contributed by atoms with Crippen LogP contribution in [0.1, 0.15) is 58.2 Å². The third kappa shape index (κ3) is 2.97. The maximum Gasteiger partial charge on any atom is 0.132 e. The van der Waals surface area contributed by atoms with Crippen molar-refractivity contribution in [3.63, 3.8) is 0 Å². The average Bonchev–Trinajstić information content (AvgIpc) is 2.71. The molecule has 0 atom stereocenters. The number of carbonyl (C=O) groups is 1. The van der Waals surface area contributed by atoms with Gasteiger partial charge in [0.15, 0.2) is 0 Å². The Kier molecular flexibility index (Phi) is 3.67. The summed E-state index contributed by atoms with van der Waals surface area (Å²) in [5.41, 5.74) is 5.95. The maximum atomic E-state index is 11.4. The van der Waals surface area contributed by atoms with Crippen LogP contribution in [0, 0.1) is 5.92 Å². The van der Waals surface area contributed by atoms with Crippen LogP contribution in [-0.2, 0) is 10.4 Å². The Morgan fingerprint density at radius 1 is 1.42 bits per heavy atom. The second-order valence-electron chi connectivity index (χ2n) is 6.09. The Morgan fingerprint density at radius 2 is 2.00 bits per heavy atom. The number of carbonyl (C=O) groups excluding carboxylic acids is 1. The lowest BCUT2D eigenvalue weighted by Crippen LogP contribution is -2.23. The average molecular weight is 265 g/mol. The first-order valence-corrected chi connectivity index (χ1v) is 6.87. The van der Waals surface area contributed by atoms with E-state index >= 15 is 0 Å². The van der Waals surface area contributed by atoms with E-state index in [4.69, 9.17) is 5.73 Å². The van der Waals surface area contributed by atoms with Crippen LogP contribution in [0.2, 0.25) is 0 Å². The summed E-state index contributed by atoms with van der Waals surface area (Å²) in [5.74, 6) is 0.494. The molecule has 1 saturated carbocycles. The summed E-state index contributed by atoms with van der Waals surface area (Å²) in [5, 5.41) is 14.4. The van der Waals surface area contributed by atoms with Gasteiger partial charge in [-0.1, -0.05) is 0 Å². The molecule has 0 amide bonds. The van der Waals surface area contributed by atoms with E-state index in [1.165, 1.54) is 0 Å². The zero-order valence-electron chi connectivity index (χ0n) is 11.9. The van der Waals surface area contributed by atoms with Crippen LogP contribution >= 0.6 is 0 Å². The smallest absolute Gasteiger partial charge is 0.132 e. The summed E-state index contributed by atoms with van der Waals surface area (Å²) in [6.45, 7) is 5.04.